The van der Waals surface area contributed by atoms with E-state index in [0.29, 0.717) is 17.6 Å². The van der Waals surface area contributed by atoms with E-state index in [9.17, 15) is 4.79 Å². The number of hydrogen-bond donors (Lipinski definition) is 2. The number of hydrogen-bond acceptors (Lipinski definition) is 2. The zero-order valence-electron chi connectivity index (χ0n) is 10.8. The molecule has 1 aromatic carbocycles. The minimum Gasteiger partial charge on any atom is -0.325 e. The molecule has 2 rings (SSSR count). The Labute approximate surface area is 113 Å². The molecule has 1 fully saturated rings. The average molecular weight is 267 g/mol. The van der Waals surface area contributed by atoms with Crippen LogP contribution in [0, 0.1) is 12.8 Å². The molecule has 0 heterocycles. The van der Waals surface area contributed by atoms with E-state index < -0.39 is 0 Å². The summed E-state index contributed by atoms with van der Waals surface area (Å²) in [6.07, 6.45) is 2.34. The Balaban J connectivity index is 1.81. The molecule has 3 nitrogen and oxygen atoms in total. The number of aryl methyl sites for hydroxylation is 1. The number of carbonyl (C=O) groups excluding carboxylic acids is 1. The minimum absolute atomic E-state index is 0.0140. The maximum absolute atomic E-state index is 11.8. The summed E-state index contributed by atoms with van der Waals surface area (Å²) in [5.41, 5.74) is 1.81. The summed E-state index contributed by atoms with van der Waals surface area (Å²) in [4.78, 5) is 11.8. The van der Waals surface area contributed by atoms with Gasteiger partial charge in [-0.3, -0.25) is 4.79 Å². The molecule has 0 unspecified atom stereocenters. The van der Waals surface area contributed by atoms with Gasteiger partial charge in [0, 0.05) is 16.8 Å². The van der Waals surface area contributed by atoms with Gasteiger partial charge >= 0.3 is 0 Å². The summed E-state index contributed by atoms with van der Waals surface area (Å²) < 4.78 is 0. The first kappa shape index (κ1) is 13.4. The fraction of sp³-hybridized carbons (Fsp3) is 0.500. The molecule has 98 valence electrons. The van der Waals surface area contributed by atoms with Crippen LogP contribution in [0.4, 0.5) is 5.69 Å². The van der Waals surface area contributed by atoms with E-state index in [2.05, 4.69) is 17.6 Å². The lowest BCUT2D eigenvalue weighted by atomic mass is 9.82. The molecule has 0 bridgehead atoms. The van der Waals surface area contributed by atoms with Crippen molar-refractivity contribution >= 4 is 23.2 Å². The van der Waals surface area contributed by atoms with Crippen molar-refractivity contribution < 1.29 is 4.79 Å². The van der Waals surface area contributed by atoms with Crippen LogP contribution in [0.25, 0.3) is 0 Å². The highest BCUT2D eigenvalue weighted by atomic mass is 35.5. The Morgan fingerprint density at radius 3 is 2.83 bits per heavy atom. The predicted octanol–water partition coefficient (Wildman–Crippen LogP) is 2.98. The third kappa shape index (κ3) is 3.47. The van der Waals surface area contributed by atoms with Crippen LogP contribution in [0.5, 0.6) is 0 Å². The van der Waals surface area contributed by atoms with Crippen molar-refractivity contribution in [2.75, 3.05) is 11.9 Å². The molecule has 0 saturated heterocycles. The van der Waals surface area contributed by atoms with Crippen LogP contribution in [0.2, 0.25) is 5.02 Å². The second-order valence-corrected chi connectivity index (χ2v) is 5.60. The molecule has 2 N–H and O–H groups in total. The van der Waals surface area contributed by atoms with Crippen LogP contribution in [0.15, 0.2) is 18.2 Å². The second kappa shape index (κ2) is 5.72. The molecule has 1 aromatic rings. The smallest absolute Gasteiger partial charge is 0.238 e. The molecule has 1 amide bonds. The lowest BCUT2D eigenvalue weighted by Crippen LogP contribution is -2.43. The van der Waals surface area contributed by atoms with Gasteiger partial charge < -0.3 is 10.6 Å². The topological polar surface area (TPSA) is 41.1 Å². The lowest BCUT2D eigenvalue weighted by molar-refractivity contribution is -0.115. The van der Waals surface area contributed by atoms with Crippen molar-refractivity contribution in [2.45, 2.75) is 32.7 Å². The van der Waals surface area contributed by atoms with Crippen LogP contribution in [-0.2, 0) is 4.79 Å². The van der Waals surface area contributed by atoms with E-state index in [1.165, 1.54) is 12.8 Å². The molecule has 18 heavy (non-hydrogen) atoms. The molecular weight excluding hydrogens is 248 g/mol. The molecular formula is C14H19ClN2O. The quantitative estimate of drug-likeness (QED) is 0.880. The number of rotatable bonds is 4. The predicted molar refractivity (Wildman–Crippen MR) is 75.0 cm³/mol. The first-order valence-corrected chi connectivity index (χ1v) is 6.72. The molecule has 1 aliphatic carbocycles. The highest BCUT2D eigenvalue weighted by molar-refractivity contribution is 6.31. The van der Waals surface area contributed by atoms with Gasteiger partial charge in [-0.25, -0.2) is 0 Å². The van der Waals surface area contributed by atoms with Gasteiger partial charge in [0.05, 0.1) is 6.54 Å². The molecule has 0 radical (unpaired) electrons. The number of carbonyl (C=O) groups is 1. The average Bonchev–Trinajstić information content (AvgIpc) is 2.28. The van der Waals surface area contributed by atoms with E-state index in [1.807, 2.05) is 19.1 Å². The van der Waals surface area contributed by atoms with Gasteiger partial charge in [0.15, 0.2) is 0 Å². The van der Waals surface area contributed by atoms with Gasteiger partial charge in [-0.2, -0.15) is 0 Å². The fourth-order valence-electron chi connectivity index (χ4n) is 2.23. The molecule has 0 aromatic heterocycles. The molecule has 1 aliphatic rings. The molecule has 0 spiro atoms. The van der Waals surface area contributed by atoms with Gasteiger partial charge in [-0.15, -0.1) is 0 Å². The first-order chi connectivity index (χ1) is 8.54. The zero-order chi connectivity index (χ0) is 13.1. The largest absolute Gasteiger partial charge is 0.325 e. The number of amides is 1. The standard InChI is InChI=1S/C14H19ClN2O/c1-9-5-12(6-9)16-8-14(18)17-13-7-11(15)4-3-10(13)2/h3-4,7,9,12,16H,5-6,8H2,1-2H3,(H,17,18). The molecule has 4 heteroatoms. The van der Waals surface area contributed by atoms with Crippen molar-refractivity contribution in [1.29, 1.82) is 0 Å². The van der Waals surface area contributed by atoms with Crippen LogP contribution in [0.3, 0.4) is 0 Å². The second-order valence-electron chi connectivity index (χ2n) is 5.16. The fourth-order valence-corrected chi connectivity index (χ4v) is 2.40. The van der Waals surface area contributed by atoms with Crippen molar-refractivity contribution in [3.63, 3.8) is 0 Å². The summed E-state index contributed by atoms with van der Waals surface area (Å²) in [6, 6.07) is 6.01. The zero-order valence-corrected chi connectivity index (χ0v) is 11.6. The highest BCUT2D eigenvalue weighted by Gasteiger charge is 2.24. The molecule has 0 aliphatic heterocycles. The van der Waals surface area contributed by atoms with E-state index in [4.69, 9.17) is 11.6 Å². The van der Waals surface area contributed by atoms with Gasteiger partial charge in [-0.05, 0) is 43.4 Å². The van der Waals surface area contributed by atoms with Crippen LogP contribution in [-0.4, -0.2) is 18.5 Å². The third-order valence-electron chi connectivity index (χ3n) is 3.40. The number of benzene rings is 1. The maximum atomic E-state index is 11.8. The Morgan fingerprint density at radius 1 is 1.44 bits per heavy atom. The van der Waals surface area contributed by atoms with Crippen LogP contribution in [0.1, 0.15) is 25.3 Å². The van der Waals surface area contributed by atoms with Gasteiger partial charge in [0.1, 0.15) is 0 Å². The van der Waals surface area contributed by atoms with E-state index >= 15 is 0 Å². The van der Waals surface area contributed by atoms with Gasteiger partial charge in [-0.1, -0.05) is 24.6 Å². The Morgan fingerprint density at radius 2 is 2.17 bits per heavy atom. The maximum Gasteiger partial charge on any atom is 0.238 e. The van der Waals surface area contributed by atoms with E-state index in [0.717, 1.165) is 17.2 Å². The highest BCUT2D eigenvalue weighted by Crippen LogP contribution is 2.26. The van der Waals surface area contributed by atoms with Crippen molar-refractivity contribution in [2.24, 2.45) is 5.92 Å². The SMILES string of the molecule is Cc1ccc(Cl)cc1NC(=O)CNC1CC(C)C1. The number of nitrogens with one attached hydrogen (secondary N) is 2. The monoisotopic (exact) mass is 266 g/mol. The van der Waals surface area contributed by atoms with Gasteiger partial charge in [0.25, 0.3) is 0 Å². The molecule has 1 saturated carbocycles. The van der Waals surface area contributed by atoms with Gasteiger partial charge in [0.2, 0.25) is 5.91 Å². The van der Waals surface area contributed by atoms with Crippen LogP contribution >= 0.6 is 11.6 Å². The lowest BCUT2D eigenvalue weighted by Gasteiger charge is -2.33. The minimum atomic E-state index is -0.0140. The third-order valence-corrected chi connectivity index (χ3v) is 3.63. The van der Waals surface area contributed by atoms with Crippen LogP contribution < -0.4 is 10.6 Å². The summed E-state index contributed by atoms with van der Waals surface area (Å²) in [7, 11) is 0. The van der Waals surface area contributed by atoms with Crippen molar-refractivity contribution in [3.05, 3.63) is 28.8 Å². The van der Waals surface area contributed by atoms with E-state index in [1.54, 1.807) is 6.07 Å². The Kier molecular flexibility index (Phi) is 4.25. The summed E-state index contributed by atoms with van der Waals surface area (Å²) in [5, 5.41) is 6.77. The Bertz CT molecular complexity index is 441. The molecule has 0 atom stereocenters. The van der Waals surface area contributed by atoms with E-state index in [-0.39, 0.29) is 5.91 Å². The summed E-state index contributed by atoms with van der Waals surface area (Å²) in [5.74, 6) is 0.778. The first-order valence-electron chi connectivity index (χ1n) is 6.34. The summed E-state index contributed by atoms with van der Waals surface area (Å²) in [6.45, 7) is 4.55. The van der Waals surface area contributed by atoms with Crippen molar-refractivity contribution in [3.8, 4) is 0 Å². The summed E-state index contributed by atoms with van der Waals surface area (Å²) >= 11 is 5.91. The number of halogens is 1. The Hall–Kier alpha value is -1.06. The van der Waals surface area contributed by atoms with Crippen molar-refractivity contribution in [1.82, 2.24) is 5.32 Å². The normalized spacial score (nSPS) is 22.4. The number of anilines is 1.